The average Bonchev–Trinajstić information content (AvgIpc) is 3.18. The van der Waals surface area contributed by atoms with Crippen molar-refractivity contribution in [2.45, 2.75) is 25.9 Å². The highest BCUT2D eigenvalue weighted by Gasteiger charge is 2.23. The van der Waals surface area contributed by atoms with E-state index in [4.69, 9.17) is 21.1 Å². The second-order valence-electron chi connectivity index (χ2n) is 7.89. The summed E-state index contributed by atoms with van der Waals surface area (Å²) < 4.78 is 11.5. The summed E-state index contributed by atoms with van der Waals surface area (Å²) in [6.45, 7) is 9.82. The highest BCUT2D eigenvalue weighted by Crippen LogP contribution is 2.32. The minimum absolute atomic E-state index is 0.103. The summed E-state index contributed by atoms with van der Waals surface area (Å²) in [5, 5.41) is 7.43. The van der Waals surface area contributed by atoms with Crippen molar-refractivity contribution < 1.29 is 9.47 Å². The predicted molar refractivity (Wildman–Crippen MR) is 119 cm³/mol. The maximum Gasteiger partial charge on any atom is 0.285 e. The summed E-state index contributed by atoms with van der Waals surface area (Å²) in [6, 6.07) is 5.51. The number of hydrogen-bond donors (Lipinski definition) is 3. The number of fused-ring (bicyclic) bond motifs is 1. The first-order valence-corrected chi connectivity index (χ1v) is 10.8. The number of aromatic nitrogens is 1. The van der Waals surface area contributed by atoms with Crippen molar-refractivity contribution >= 4 is 28.5 Å². The van der Waals surface area contributed by atoms with Crippen molar-refractivity contribution in [1.82, 2.24) is 20.5 Å². The molecule has 8 nitrogen and oxygen atoms in total. The fraction of sp³-hybridized carbons (Fsp3) is 0.524. The van der Waals surface area contributed by atoms with Crippen LogP contribution in [-0.4, -0.2) is 67.9 Å². The second-order valence-corrected chi connectivity index (χ2v) is 8.27. The summed E-state index contributed by atoms with van der Waals surface area (Å²) in [6.07, 6.45) is 0. The molecular formula is C21H28ClN5O3. The van der Waals surface area contributed by atoms with Gasteiger partial charge in [-0.2, -0.15) is 0 Å². The molecule has 1 saturated heterocycles. The molecule has 3 N–H and O–H groups in total. The molecule has 2 aliphatic heterocycles. The molecule has 1 aromatic heterocycles. The summed E-state index contributed by atoms with van der Waals surface area (Å²) in [5.74, 6) is 0.570. The van der Waals surface area contributed by atoms with E-state index in [2.05, 4.69) is 25.5 Å². The van der Waals surface area contributed by atoms with Gasteiger partial charge in [0.05, 0.1) is 5.52 Å². The van der Waals surface area contributed by atoms with Crippen LogP contribution in [0.25, 0.3) is 10.9 Å². The van der Waals surface area contributed by atoms with Gasteiger partial charge >= 0.3 is 0 Å². The molecule has 0 radical (unpaired) electrons. The van der Waals surface area contributed by atoms with Crippen molar-refractivity contribution in [3.05, 3.63) is 39.1 Å². The van der Waals surface area contributed by atoms with E-state index in [1.165, 1.54) is 0 Å². The lowest BCUT2D eigenvalue weighted by atomic mass is 10.1. The summed E-state index contributed by atoms with van der Waals surface area (Å²) >= 11 is 6.61. The molecule has 1 fully saturated rings. The van der Waals surface area contributed by atoms with Crippen molar-refractivity contribution in [3.63, 3.8) is 0 Å². The summed E-state index contributed by atoms with van der Waals surface area (Å²) in [5.41, 5.74) is 1.14. The normalized spacial score (nSPS) is 19.7. The van der Waals surface area contributed by atoms with Crippen LogP contribution in [0, 0.1) is 0 Å². The number of aromatic amines is 1. The Labute approximate surface area is 180 Å². The Morgan fingerprint density at radius 2 is 2.17 bits per heavy atom. The van der Waals surface area contributed by atoms with Gasteiger partial charge in [0.1, 0.15) is 30.0 Å². The lowest BCUT2D eigenvalue weighted by Crippen LogP contribution is -2.44. The van der Waals surface area contributed by atoms with Gasteiger partial charge in [0.2, 0.25) is 0 Å². The minimum Gasteiger partial charge on any atom is -0.491 e. The van der Waals surface area contributed by atoms with E-state index in [1.807, 2.05) is 13.8 Å². The number of benzene rings is 1. The van der Waals surface area contributed by atoms with Crippen LogP contribution in [0.15, 0.2) is 28.0 Å². The Balaban J connectivity index is 1.53. The third-order valence-corrected chi connectivity index (χ3v) is 5.60. The second kappa shape index (κ2) is 9.24. The third-order valence-electron chi connectivity index (χ3n) is 5.22. The van der Waals surface area contributed by atoms with Crippen LogP contribution >= 0.6 is 11.6 Å². The Hall–Kier alpha value is -2.29. The quantitative estimate of drug-likeness (QED) is 0.644. The number of nitrogens with one attached hydrogen (secondary N) is 3. The predicted octanol–water partition coefficient (Wildman–Crippen LogP) is 1.89. The van der Waals surface area contributed by atoms with E-state index in [1.54, 1.807) is 18.2 Å². The highest BCUT2D eigenvalue weighted by atomic mass is 35.5. The molecule has 2 aromatic rings. The molecule has 0 bridgehead atoms. The Morgan fingerprint density at radius 3 is 2.93 bits per heavy atom. The monoisotopic (exact) mass is 433 g/mol. The van der Waals surface area contributed by atoms with Crippen LogP contribution in [0.4, 0.5) is 0 Å². The van der Waals surface area contributed by atoms with Crippen molar-refractivity contribution in [3.8, 4) is 5.75 Å². The van der Waals surface area contributed by atoms with Gasteiger partial charge in [0, 0.05) is 55.9 Å². The molecule has 1 aromatic carbocycles. The number of nitrogens with zero attached hydrogens (tertiary/aromatic N) is 2. The van der Waals surface area contributed by atoms with Gasteiger partial charge in [-0.05, 0) is 26.0 Å². The standard InChI is InChI=1S/C21H28ClN5O3/c1-13(2)24-21-26-16(12-30-21)15-11-17(28)14-3-4-18(19(22)20(14)25-15)29-10-9-27-7-5-23-6-8-27/h3-4,11,13,16,23H,5-10,12H2,1-2H3,(H,24,26)(H,25,28). The van der Waals surface area contributed by atoms with Crippen LogP contribution in [0.2, 0.25) is 5.02 Å². The topological polar surface area (TPSA) is 91.0 Å². The molecule has 0 amide bonds. The molecule has 1 unspecified atom stereocenters. The number of pyridine rings is 1. The van der Waals surface area contributed by atoms with Gasteiger partial charge in [0.15, 0.2) is 5.43 Å². The number of rotatable bonds is 6. The van der Waals surface area contributed by atoms with E-state index >= 15 is 0 Å². The molecular weight excluding hydrogens is 406 g/mol. The van der Waals surface area contributed by atoms with Gasteiger partial charge in [-0.15, -0.1) is 0 Å². The number of ether oxygens (including phenoxy) is 2. The Kier molecular flexibility index (Phi) is 6.46. The first kappa shape index (κ1) is 21.0. The highest BCUT2D eigenvalue weighted by molar-refractivity contribution is 6.36. The summed E-state index contributed by atoms with van der Waals surface area (Å²) in [7, 11) is 0. The van der Waals surface area contributed by atoms with E-state index in [0.717, 1.165) is 32.7 Å². The lowest BCUT2D eigenvalue weighted by molar-refractivity contribution is 0.191. The van der Waals surface area contributed by atoms with Gasteiger partial charge in [-0.1, -0.05) is 11.6 Å². The van der Waals surface area contributed by atoms with E-state index in [0.29, 0.717) is 46.6 Å². The molecule has 0 spiro atoms. The molecule has 1 atom stereocenters. The maximum atomic E-state index is 12.7. The fourth-order valence-corrected chi connectivity index (χ4v) is 3.92. The maximum absolute atomic E-state index is 12.7. The number of amidine groups is 1. The van der Waals surface area contributed by atoms with Crippen LogP contribution in [0.5, 0.6) is 5.75 Å². The zero-order valence-corrected chi connectivity index (χ0v) is 18.1. The molecule has 4 rings (SSSR count). The minimum atomic E-state index is -0.281. The van der Waals surface area contributed by atoms with Crippen LogP contribution in [0.1, 0.15) is 25.6 Å². The van der Waals surface area contributed by atoms with E-state index in [-0.39, 0.29) is 17.5 Å². The average molecular weight is 434 g/mol. The van der Waals surface area contributed by atoms with E-state index < -0.39 is 0 Å². The lowest BCUT2D eigenvalue weighted by Gasteiger charge is -2.27. The Morgan fingerprint density at radius 1 is 1.37 bits per heavy atom. The van der Waals surface area contributed by atoms with Crippen LogP contribution < -0.4 is 20.8 Å². The molecule has 30 heavy (non-hydrogen) atoms. The number of piperazine rings is 1. The van der Waals surface area contributed by atoms with Crippen LogP contribution in [-0.2, 0) is 4.74 Å². The first-order chi connectivity index (χ1) is 14.5. The number of halogens is 1. The van der Waals surface area contributed by atoms with E-state index in [9.17, 15) is 4.79 Å². The first-order valence-electron chi connectivity index (χ1n) is 10.4. The number of aliphatic imine (C=N–C) groups is 1. The van der Waals surface area contributed by atoms with Crippen LogP contribution in [0.3, 0.4) is 0 Å². The van der Waals surface area contributed by atoms with Crippen molar-refractivity contribution in [1.29, 1.82) is 0 Å². The molecule has 2 aliphatic rings. The Bertz CT molecular complexity index is 985. The van der Waals surface area contributed by atoms with Gasteiger partial charge in [0.25, 0.3) is 6.02 Å². The molecule has 0 saturated carbocycles. The smallest absolute Gasteiger partial charge is 0.285 e. The van der Waals surface area contributed by atoms with Crippen molar-refractivity contribution in [2.75, 3.05) is 45.9 Å². The van der Waals surface area contributed by atoms with Crippen molar-refractivity contribution in [2.24, 2.45) is 4.99 Å². The SMILES string of the molecule is CC(C)NC1=NC(c2cc(=O)c3ccc(OCCN4CCNCC4)c(Cl)c3[nH]2)CO1. The zero-order chi connectivity index (χ0) is 21.1. The zero-order valence-electron chi connectivity index (χ0n) is 17.3. The third kappa shape index (κ3) is 4.71. The van der Waals surface area contributed by atoms with Gasteiger partial charge < -0.3 is 25.1 Å². The van der Waals surface area contributed by atoms with Gasteiger partial charge in [-0.25, -0.2) is 4.99 Å². The molecule has 3 heterocycles. The largest absolute Gasteiger partial charge is 0.491 e. The van der Waals surface area contributed by atoms with Gasteiger partial charge in [-0.3, -0.25) is 9.69 Å². The molecule has 0 aliphatic carbocycles. The summed E-state index contributed by atoms with van der Waals surface area (Å²) in [4.78, 5) is 22.8. The number of hydrogen-bond acceptors (Lipinski definition) is 7. The number of H-pyrrole nitrogens is 1. The fourth-order valence-electron chi connectivity index (χ4n) is 3.65. The molecule has 162 valence electrons. The molecule has 9 heteroatoms.